The van der Waals surface area contributed by atoms with Crippen LogP contribution in [0.5, 0.6) is 0 Å². The number of aliphatic carboxylic acids is 1. The molecular formula is C75H84BrN11O12S3. The lowest BCUT2D eigenvalue weighted by Gasteiger charge is -2.30. The van der Waals surface area contributed by atoms with Crippen molar-refractivity contribution in [2.45, 2.75) is 177 Å². The van der Waals surface area contributed by atoms with Crippen LogP contribution in [0, 0.1) is 20.8 Å². The van der Waals surface area contributed by atoms with Crippen LogP contribution in [0.3, 0.4) is 0 Å². The van der Waals surface area contributed by atoms with E-state index in [2.05, 4.69) is 30.9 Å². The van der Waals surface area contributed by atoms with Crippen LogP contribution in [-0.4, -0.2) is 86.9 Å². The average Bonchev–Trinajstić information content (AvgIpc) is 1.52. The molecule has 0 fully saturated rings. The molecule has 102 heavy (non-hydrogen) atoms. The van der Waals surface area contributed by atoms with Crippen LogP contribution in [0.4, 0.5) is 0 Å². The second kappa shape index (κ2) is 30.9. The summed E-state index contributed by atoms with van der Waals surface area (Å²) in [5, 5.41) is 12.5. The number of thiophene rings is 3. The first-order valence-corrected chi connectivity index (χ1v) is 36.2. The number of aryl methyl sites for hydroxylation is 9. The Hall–Kier alpha value is -9.70. The van der Waals surface area contributed by atoms with Crippen molar-refractivity contribution >= 4 is 105 Å². The molecule has 0 spiro atoms. The van der Waals surface area contributed by atoms with Gasteiger partial charge in [0.25, 0.3) is 16.7 Å². The van der Waals surface area contributed by atoms with Gasteiger partial charge in [0.05, 0.1) is 32.6 Å². The lowest BCUT2D eigenvalue weighted by atomic mass is 10.0. The highest BCUT2D eigenvalue weighted by Crippen LogP contribution is 2.36. The highest BCUT2D eigenvalue weighted by Gasteiger charge is 2.41. The third kappa shape index (κ3) is 16.3. The van der Waals surface area contributed by atoms with Gasteiger partial charge >= 0.3 is 35.0 Å². The van der Waals surface area contributed by atoms with E-state index in [1.807, 2.05) is 122 Å². The molecule has 12 rings (SSSR count). The SMILES string of the molecule is C1=CN=CC1.Cc1c(-n2ccnc2)sc2c1c(=O)n(C(C)(C)C(=O)O)c(=O)n2CCc1ccccc1.Cc1c(-n2ccnc2)sc2c1c(=O)n(C(C)(C)C(=O)OC(C)(C)C)c(=O)n2CCc1ccccc1.Cc1c(Br)sc2c1c(=O)n(C(C)(C)C(=O)OC(C)(C)C)c(=O)n2CCc1ccccc1. The number of esters is 2. The van der Waals surface area contributed by atoms with Crippen LogP contribution in [-0.2, 0) is 79.4 Å². The zero-order valence-corrected chi connectivity index (χ0v) is 63.8. The van der Waals surface area contributed by atoms with Crippen LogP contribution >= 0.6 is 49.9 Å². The number of nitrogens with zero attached hydrogens (tertiary/aromatic N) is 11. The quantitative estimate of drug-likeness (QED) is 0.0831. The van der Waals surface area contributed by atoms with Gasteiger partial charge in [0.2, 0.25) is 0 Å². The Morgan fingerprint density at radius 1 is 0.490 bits per heavy atom. The zero-order valence-electron chi connectivity index (χ0n) is 59.8. The Morgan fingerprint density at radius 2 is 0.824 bits per heavy atom. The number of imidazole rings is 2. The number of carbonyl (C=O) groups is 3. The minimum atomic E-state index is -1.69. The molecule has 0 radical (unpaired) electrons. The number of benzene rings is 3. The second-order valence-electron chi connectivity index (χ2n) is 27.9. The molecular weight excluding hydrogens is 1420 g/mol. The highest BCUT2D eigenvalue weighted by atomic mass is 79.9. The van der Waals surface area contributed by atoms with Crippen molar-refractivity contribution in [3.63, 3.8) is 0 Å². The maximum Gasteiger partial charge on any atom is 0.333 e. The lowest BCUT2D eigenvalue weighted by molar-refractivity contribution is -0.165. The smallest absolute Gasteiger partial charge is 0.333 e. The van der Waals surface area contributed by atoms with Gasteiger partial charge in [0, 0.05) is 63.3 Å². The molecule has 0 aliphatic carbocycles. The topological polar surface area (TPSA) is 270 Å². The third-order valence-corrected chi connectivity index (χ3v) is 21.8. The first-order valence-electron chi connectivity index (χ1n) is 33.0. The number of fused-ring (bicyclic) bond motifs is 3. The Bertz CT molecular complexity index is 5340. The predicted octanol–water partition coefficient (Wildman–Crippen LogP) is 12.4. The van der Waals surface area contributed by atoms with E-state index < -0.39 is 79.5 Å². The van der Waals surface area contributed by atoms with E-state index in [0.717, 1.165) is 61.7 Å². The minimum absolute atomic E-state index is 0.318. The molecule has 23 nitrogen and oxygen atoms in total. The molecule has 1 N–H and O–H groups in total. The number of ether oxygens (including phenoxy) is 2. The summed E-state index contributed by atoms with van der Waals surface area (Å²) >= 11 is 7.55. The van der Waals surface area contributed by atoms with E-state index in [1.54, 1.807) is 134 Å². The molecule has 0 atom stereocenters. The van der Waals surface area contributed by atoms with Gasteiger partial charge in [-0.2, -0.15) is 0 Å². The van der Waals surface area contributed by atoms with E-state index in [0.29, 0.717) is 75.1 Å². The first-order chi connectivity index (χ1) is 48.0. The summed E-state index contributed by atoms with van der Waals surface area (Å²) in [4.78, 5) is 133. The largest absolute Gasteiger partial charge is 0.480 e. The van der Waals surface area contributed by atoms with Crippen LogP contribution in [0.2, 0.25) is 0 Å². The Morgan fingerprint density at radius 3 is 1.11 bits per heavy atom. The molecule has 0 amide bonds. The monoisotopic (exact) mass is 1510 g/mol. The van der Waals surface area contributed by atoms with Gasteiger partial charge in [-0.15, -0.1) is 11.3 Å². The number of hydrogen-bond acceptors (Lipinski definition) is 17. The molecule has 1 aliphatic heterocycles. The van der Waals surface area contributed by atoms with Crippen molar-refractivity contribution in [2.24, 2.45) is 4.99 Å². The van der Waals surface area contributed by atoms with Gasteiger partial charge in [-0.05, 0) is 172 Å². The van der Waals surface area contributed by atoms with Crippen LogP contribution in [0.1, 0.15) is 123 Å². The molecule has 9 heterocycles. The third-order valence-electron chi connectivity index (χ3n) is 16.9. The molecule has 0 saturated heterocycles. The van der Waals surface area contributed by atoms with E-state index in [-0.39, 0.29) is 0 Å². The average molecular weight is 1510 g/mol. The number of aliphatic imine (C=N–C) groups is 1. The van der Waals surface area contributed by atoms with Gasteiger partial charge in [0.1, 0.15) is 52.3 Å². The molecule has 8 aromatic heterocycles. The standard InChI is InChI=1S/C26H30N4O4S.C23H27BrN2O4S.C22H22N4O4S.C4H5N/c1-17-19-20(31)30(26(5,6)23(32)34-25(2,3)4)24(33)29(14-12-18-10-8-7-9-11-18)22(19)35-21(17)28-15-13-27-16-28;1-14-16-18(27)26(23(5,6)20(28)30-22(2,3)4)21(29)25(19(16)31-17(14)24)13-12-15-10-8-7-9-11-15;1-14-16-17(27)26(22(2,3)20(28)29)21(30)25(11-9-15-7-5-4-6-8-15)19(16)31-18(14)24-12-10-23-13-24;1-2-4-5-3-1/h7-11,13,15-16H,12,14H2,1-6H3;7-11H,12-13H2,1-6H3;4-8,10,12-13H,9,11H2,1-3H3,(H,28,29);1,3-4H,2H2. The van der Waals surface area contributed by atoms with Crippen molar-refractivity contribution in [2.75, 3.05) is 0 Å². The maximum absolute atomic E-state index is 13.9. The number of aromatic nitrogens is 10. The number of rotatable bonds is 17. The van der Waals surface area contributed by atoms with Gasteiger partial charge in [-0.25, -0.2) is 52.4 Å². The second-order valence-corrected chi connectivity index (χ2v) is 32.2. The van der Waals surface area contributed by atoms with Gasteiger partial charge in [0.15, 0.2) is 0 Å². The summed E-state index contributed by atoms with van der Waals surface area (Å²) in [6, 6.07) is 29.4. The van der Waals surface area contributed by atoms with Gasteiger partial charge in [-0.1, -0.05) is 120 Å². The summed E-state index contributed by atoms with van der Waals surface area (Å²) in [7, 11) is 0. The van der Waals surface area contributed by atoms with Crippen LogP contribution < -0.4 is 33.7 Å². The van der Waals surface area contributed by atoms with E-state index >= 15 is 0 Å². The number of halogens is 1. The zero-order chi connectivity index (χ0) is 74.6. The summed E-state index contributed by atoms with van der Waals surface area (Å²) in [5.74, 6) is -2.51. The first kappa shape index (κ1) is 76.5. The fourth-order valence-electron chi connectivity index (χ4n) is 11.4. The number of carboxylic acid groups (broad SMARTS) is 1. The molecule has 11 aromatic rings. The number of hydrogen-bond donors (Lipinski definition) is 1. The number of allylic oxidation sites excluding steroid dienone is 1. The highest BCUT2D eigenvalue weighted by molar-refractivity contribution is 9.11. The Balaban J connectivity index is 0.000000172. The van der Waals surface area contributed by atoms with E-state index in [4.69, 9.17) is 9.47 Å². The number of carbonyl (C=O) groups excluding carboxylic acids is 2. The molecule has 1 aliphatic rings. The molecule has 536 valence electrons. The number of carboxylic acids is 1. The fourth-order valence-corrected chi connectivity index (χ4v) is 15.6. The van der Waals surface area contributed by atoms with Crippen LogP contribution in [0.25, 0.3) is 40.7 Å². The van der Waals surface area contributed by atoms with Crippen LogP contribution in [0.15, 0.2) is 178 Å². The minimum Gasteiger partial charge on any atom is -0.480 e. The molecule has 0 bridgehead atoms. The fraction of sp³-hybridized carbons (Fsp3) is 0.360. The van der Waals surface area contributed by atoms with E-state index in [1.165, 1.54) is 52.4 Å². The Kier molecular flexibility index (Phi) is 23.1. The van der Waals surface area contributed by atoms with Crippen molar-refractivity contribution < 1.29 is 29.0 Å². The van der Waals surface area contributed by atoms with Crippen molar-refractivity contribution in [3.05, 3.63) is 240 Å². The van der Waals surface area contributed by atoms with Crippen molar-refractivity contribution in [1.29, 1.82) is 0 Å². The lowest BCUT2D eigenvalue weighted by Crippen LogP contribution is -2.54. The summed E-state index contributed by atoms with van der Waals surface area (Å²) in [5.41, 5.74) is -4.05. The van der Waals surface area contributed by atoms with Crippen molar-refractivity contribution in [1.82, 2.24) is 46.5 Å². The Labute approximate surface area is 608 Å². The van der Waals surface area contributed by atoms with Gasteiger partial charge < -0.3 is 14.6 Å². The van der Waals surface area contributed by atoms with Crippen molar-refractivity contribution in [3.8, 4) is 10.0 Å². The summed E-state index contributed by atoms with van der Waals surface area (Å²) in [6.07, 6.45) is 18.7. The molecule has 27 heteroatoms. The molecule has 0 saturated carbocycles. The molecule has 3 aromatic carbocycles. The molecule has 0 unspecified atom stereocenters. The maximum atomic E-state index is 13.9. The van der Waals surface area contributed by atoms with Gasteiger partial charge in [-0.3, -0.25) is 42.2 Å². The van der Waals surface area contributed by atoms with E-state index in [9.17, 15) is 48.3 Å². The summed E-state index contributed by atoms with van der Waals surface area (Å²) < 4.78 is 23.2. The summed E-state index contributed by atoms with van der Waals surface area (Å²) in [6.45, 7) is 26.0. The predicted molar refractivity (Wildman–Crippen MR) is 407 cm³/mol. The normalized spacial score (nSPS) is 12.4.